The average molecular weight is 239 g/mol. The predicted molar refractivity (Wildman–Crippen MR) is 74.7 cm³/mol. The molecule has 1 aromatic rings. The third-order valence-electron chi connectivity index (χ3n) is 3.69. The SMILES string of the molecule is CC[P+](CC)(CC)C(OC)c1ccccc1. The first-order chi connectivity index (χ1) is 7.74. The Bertz CT molecular complexity index is 285. The van der Waals surface area contributed by atoms with Gasteiger partial charge in [-0.15, -0.1) is 0 Å². The smallest absolute Gasteiger partial charge is 0.192 e. The van der Waals surface area contributed by atoms with E-state index in [9.17, 15) is 0 Å². The molecule has 1 rings (SSSR count). The van der Waals surface area contributed by atoms with Crippen LogP contribution in [-0.4, -0.2) is 25.6 Å². The predicted octanol–water partition coefficient (Wildman–Crippen LogP) is 4.41. The van der Waals surface area contributed by atoms with E-state index >= 15 is 0 Å². The molecule has 0 N–H and O–H groups in total. The first-order valence-electron chi connectivity index (χ1n) is 6.17. The molecule has 1 unspecified atom stereocenters. The fraction of sp³-hybridized carbons (Fsp3) is 0.571. The molecule has 90 valence electrons. The van der Waals surface area contributed by atoms with Crippen LogP contribution in [0.4, 0.5) is 0 Å². The summed E-state index contributed by atoms with van der Waals surface area (Å²) >= 11 is 0. The number of hydrogen-bond acceptors (Lipinski definition) is 1. The second-order valence-electron chi connectivity index (χ2n) is 4.17. The molecule has 1 aromatic carbocycles. The van der Waals surface area contributed by atoms with Crippen molar-refractivity contribution in [3.63, 3.8) is 0 Å². The zero-order chi connectivity index (χ0) is 12.0. The monoisotopic (exact) mass is 239 g/mol. The lowest BCUT2D eigenvalue weighted by Crippen LogP contribution is -2.14. The van der Waals surface area contributed by atoms with E-state index in [4.69, 9.17) is 4.74 Å². The highest BCUT2D eigenvalue weighted by Crippen LogP contribution is 2.69. The molecule has 2 heteroatoms. The molecule has 0 bridgehead atoms. The number of rotatable bonds is 6. The fourth-order valence-electron chi connectivity index (χ4n) is 2.46. The van der Waals surface area contributed by atoms with Gasteiger partial charge in [0, 0.05) is 19.9 Å². The Morgan fingerprint density at radius 2 is 1.50 bits per heavy atom. The Morgan fingerprint density at radius 1 is 1.00 bits per heavy atom. The van der Waals surface area contributed by atoms with E-state index in [1.54, 1.807) is 0 Å². The molecule has 16 heavy (non-hydrogen) atoms. The number of hydrogen-bond donors (Lipinski definition) is 0. The zero-order valence-electron chi connectivity index (χ0n) is 10.9. The minimum Gasteiger partial charge on any atom is -0.343 e. The zero-order valence-corrected chi connectivity index (χ0v) is 11.8. The van der Waals surface area contributed by atoms with Crippen LogP contribution in [-0.2, 0) is 4.74 Å². The van der Waals surface area contributed by atoms with Gasteiger partial charge in [-0.1, -0.05) is 30.3 Å². The van der Waals surface area contributed by atoms with Gasteiger partial charge < -0.3 is 4.74 Å². The Labute approximate surface area is 101 Å². The standard InChI is InChI=1S/C14H24OP/c1-5-16(6-2,7-3)14(15-4)13-11-9-8-10-12-13/h8-12,14H,5-7H2,1-4H3/q+1. The number of benzene rings is 1. The summed E-state index contributed by atoms with van der Waals surface area (Å²) in [6.07, 6.45) is 3.81. The lowest BCUT2D eigenvalue weighted by atomic mass is 10.2. The molecule has 0 aromatic heterocycles. The summed E-state index contributed by atoms with van der Waals surface area (Å²) in [4.78, 5) is 0. The molecule has 0 aliphatic carbocycles. The van der Waals surface area contributed by atoms with Gasteiger partial charge >= 0.3 is 0 Å². The molecular weight excluding hydrogens is 215 g/mol. The molecule has 0 saturated carbocycles. The Kier molecular flexibility index (Phi) is 5.44. The van der Waals surface area contributed by atoms with Crippen molar-refractivity contribution in [3.8, 4) is 0 Å². The summed E-state index contributed by atoms with van der Waals surface area (Å²) < 4.78 is 5.82. The molecule has 0 aliphatic heterocycles. The topological polar surface area (TPSA) is 9.23 Å². The summed E-state index contributed by atoms with van der Waals surface area (Å²) in [5.41, 5.74) is 1.35. The molecule has 0 radical (unpaired) electrons. The second-order valence-corrected chi connectivity index (χ2v) is 8.97. The van der Waals surface area contributed by atoms with Crippen LogP contribution in [0.2, 0.25) is 0 Å². The van der Waals surface area contributed by atoms with Gasteiger partial charge in [0.1, 0.15) is 0 Å². The maximum absolute atomic E-state index is 5.82. The lowest BCUT2D eigenvalue weighted by Gasteiger charge is -2.31. The van der Waals surface area contributed by atoms with E-state index in [2.05, 4.69) is 51.1 Å². The van der Waals surface area contributed by atoms with Crippen molar-refractivity contribution in [2.75, 3.05) is 25.6 Å². The number of ether oxygens (including phenoxy) is 1. The summed E-state index contributed by atoms with van der Waals surface area (Å²) in [7, 11) is 0.861. The second kappa shape index (κ2) is 6.37. The van der Waals surface area contributed by atoms with Gasteiger partial charge in [-0.25, -0.2) is 0 Å². The van der Waals surface area contributed by atoms with Crippen LogP contribution in [0.1, 0.15) is 32.2 Å². The summed E-state index contributed by atoms with van der Waals surface area (Å²) in [6.45, 7) is 6.95. The van der Waals surface area contributed by atoms with Crippen molar-refractivity contribution in [2.24, 2.45) is 0 Å². The van der Waals surface area contributed by atoms with E-state index in [0.717, 1.165) is 0 Å². The largest absolute Gasteiger partial charge is 0.343 e. The van der Waals surface area contributed by atoms with Crippen molar-refractivity contribution in [1.29, 1.82) is 0 Å². The first kappa shape index (κ1) is 13.7. The molecular formula is C14H24OP+. The molecule has 0 amide bonds. The van der Waals surface area contributed by atoms with Gasteiger partial charge in [-0.05, 0) is 20.8 Å². The molecule has 0 heterocycles. The van der Waals surface area contributed by atoms with Crippen molar-refractivity contribution < 1.29 is 4.74 Å². The van der Waals surface area contributed by atoms with E-state index in [-0.39, 0.29) is 0 Å². The van der Waals surface area contributed by atoms with Gasteiger partial charge in [-0.2, -0.15) is 0 Å². The van der Waals surface area contributed by atoms with Gasteiger partial charge in [0.2, 0.25) is 0 Å². The van der Waals surface area contributed by atoms with Gasteiger partial charge in [0.05, 0.1) is 18.5 Å². The van der Waals surface area contributed by atoms with Crippen molar-refractivity contribution in [1.82, 2.24) is 0 Å². The lowest BCUT2D eigenvalue weighted by molar-refractivity contribution is 0.168. The quantitative estimate of drug-likeness (QED) is 0.668. The highest BCUT2D eigenvalue weighted by Gasteiger charge is 2.42. The van der Waals surface area contributed by atoms with E-state index in [0.29, 0.717) is 5.85 Å². The fourth-order valence-corrected chi connectivity index (χ4v) is 6.05. The van der Waals surface area contributed by atoms with Gasteiger partial charge in [-0.3, -0.25) is 0 Å². The molecule has 1 atom stereocenters. The highest BCUT2D eigenvalue weighted by molar-refractivity contribution is 7.75. The minimum atomic E-state index is -0.993. The van der Waals surface area contributed by atoms with Crippen LogP contribution in [0, 0.1) is 0 Å². The van der Waals surface area contributed by atoms with Crippen LogP contribution in [0.15, 0.2) is 30.3 Å². The molecule has 0 fully saturated rings. The van der Waals surface area contributed by atoms with Crippen LogP contribution >= 0.6 is 7.26 Å². The van der Waals surface area contributed by atoms with Crippen molar-refractivity contribution in [3.05, 3.63) is 35.9 Å². The van der Waals surface area contributed by atoms with Crippen LogP contribution in [0.5, 0.6) is 0 Å². The number of methoxy groups -OCH3 is 1. The average Bonchev–Trinajstić information content (AvgIpc) is 2.37. The normalized spacial score (nSPS) is 13.8. The third kappa shape index (κ3) is 2.64. The Balaban J connectivity index is 3.05. The van der Waals surface area contributed by atoms with Crippen LogP contribution in [0.3, 0.4) is 0 Å². The van der Waals surface area contributed by atoms with Crippen LogP contribution in [0.25, 0.3) is 0 Å². The maximum atomic E-state index is 5.82. The summed E-state index contributed by atoms with van der Waals surface area (Å²) in [5, 5.41) is 0. The highest BCUT2D eigenvalue weighted by atomic mass is 31.2. The maximum Gasteiger partial charge on any atom is 0.192 e. The summed E-state index contributed by atoms with van der Waals surface area (Å²) in [6, 6.07) is 10.7. The minimum absolute atomic E-state index is 0.327. The van der Waals surface area contributed by atoms with Gasteiger partial charge in [0.25, 0.3) is 0 Å². The van der Waals surface area contributed by atoms with E-state index in [1.165, 1.54) is 24.0 Å². The van der Waals surface area contributed by atoms with E-state index in [1.807, 2.05) is 7.11 Å². The molecule has 0 saturated heterocycles. The van der Waals surface area contributed by atoms with Gasteiger partial charge in [0.15, 0.2) is 5.85 Å². The van der Waals surface area contributed by atoms with Crippen molar-refractivity contribution in [2.45, 2.75) is 26.6 Å². The Hall–Kier alpha value is -0.390. The molecule has 1 nitrogen and oxygen atoms in total. The Morgan fingerprint density at radius 3 is 1.88 bits per heavy atom. The molecule has 0 spiro atoms. The van der Waals surface area contributed by atoms with Crippen molar-refractivity contribution >= 4 is 7.26 Å². The molecule has 0 aliphatic rings. The van der Waals surface area contributed by atoms with E-state index < -0.39 is 7.26 Å². The third-order valence-corrected chi connectivity index (χ3v) is 8.98. The van der Waals surface area contributed by atoms with Crippen LogP contribution < -0.4 is 0 Å². The summed E-state index contributed by atoms with van der Waals surface area (Å²) in [5.74, 6) is 0.327. The first-order valence-corrected chi connectivity index (χ1v) is 8.59.